The number of nitrogens with one attached hydrogen (secondary N) is 2. The highest BCUT2D eigenvalue weighted by Crippen LogP contribution is 2.32. The van der Waals surface area contributed by atoms with E-state index >= 15 is 0 Å². The average Bonchev–Trinajstić information content (AvgIpc) is 2.86. The summed E-state index contributed by atoms with van der Waals surface area (Å²) < 4.78 is 17.4. The zero-order chi connectivity index (χ0) is 24.9. The Morgan fingerprint density at radius 3 is 2.63 bits per heavy atom. The van der Waals surface area contributed by atoms with Crippen LogP contribution >= 0.6 is 0 Å². The van der Waals surface area contributed by atoms with E-state index in [1.807, 2.05) is 12.1 Å². The molecule has 0 radical (unpaired) electrons. The molecule has 1 fully saturated rings. The lowest BCUT2D eigenvalue weighted by Crippen LogP contribution is -2.53. The fourth-order valence-electron chi connectivity index (χ4n) is 4.47. The zero-order valence-corrected chi connectivity index (χ0v) is 20.2. The van der Waals surface area contributed by atoms with E-state index in [4.69, 9.17) is 14.2 Å². The second-order valence-corrected chi connectivity index (χ2v) is 8.77. The number of anilines is 2. The number of hydrogen-bond donors (Lipinski definition) is 2. The number of hydrogen-bond acceptors (Lipinski definition) is 6. The van der Waals surface area contributed by atoms with Crippen molar-refractivity contribution in [2.24, 2.45) is 0 Å². The number of rotatable bonds is 6. The van der Waals surface area contributed by atoms with Gasteiger partial charge in [0.05, 0.1) is 31.2 Å². The van der Waals surface area contributed by atoms with Gasteiger partial charge in [0.2, 0.25) is 11.8 Å². The van der Waals surface area contributed by atoms with Crippen molar-refractivity contribution in [2.45, 2.75) is 50.9 Å². The Kier molecular flexibility index (Phi) is 7.55. The normalized spacial score (nSPS) is 21.5. The van der Waals surface area contributed by atoms with Gasteiger partial charge in [-0.25, -0.2) is 0 Å². The van der Waals surface area contributed by atoms with Gasteiger partial charge in [-0.15, -0.1) is 0 Å². The van der Waals surface area contributed by atoms with Crippen molar-refractivity contribution in [3.8, 4) is 11.5 Å². The monoisotopic (exact) mass is 481 g/mol. The molecule has 1 saturated heterocycles. The Hall–Kier alpha value is -3.59. The molecule has 9 nitrogen and oxygen atoms in total. The summed E-state index contributed by atoms with van der Waals surface area (Å²) in [7, 11) is 3.33. The molecule has 2 N–H and O–H groups in total. The molecule has 186 valence electrons. The Bertz CT molecular complexity index is 1100. The molecule has 2 aromatic rings. The first-order valence-corrected chi connectivity index (χ1v) is 11.8. The minimum absolute atomic E-state index is 0.125. The number of fused-ring (bicyclic) bond motifs is 2. The van der Waals surface area contributed by atoms with E-state index < -0.39 is 0 Å². The fourth-order valence-corrected chi connectivity index (χ4v) is 4.47. The third-order valence-corrected chi connectivity index (χ3v) is 6.38. The number of likely N-dealkylation sites (N-methyl/N-ethyl adjacent to an activating group) is 1. The van der Waals surface area contributed by atoms with E-state index in [1.165, 1.54) is 0 Å². The van der Waals surface area contributed by atoms with Crippen LogP contribution in [-0.4, -0.2) is 61.6 Å². The van der Waals surface area contributed by atoms with Gasteiger partial charge in [-0.3, -0.25) is 14.4 Å². The standard InChI is InChI=1S/C26H31N3O6/c1-4-24(30)27-17-8-11-22-20(13-17)26(32)29(2)21-10-9-19(35-23(21)15-34-22)14-25(31)28-16-6-5-7-18(12-16)33-3/h5-8,11-13,19,21,23H,4,9-10,14-15H2,1-3H3,(H,27,30)(H,28,31)/t19-,21+,23-/m0/s1. The van der Waals surface area contributed by atoms with Crippen molar-refractivity contribution in [3.05, 3.63) is 48.0 Å². The van der Waals surface area contributed by atoms with E-state index in [0.717, 1.165) is 0 Å². The lowest BCUT2D eigenvalue weighted by atomic mass is 9.94. The Morgan fingerprint density at radius 1 is 1.09 bits per heavy atom. The zero-order valence-electron chi connectivity index (χ0n) is 20.2. The summed E-state index contributed by atoms with van der Waals surface area (Å²) in [4.78, 5) is 39.3. The first-order valence-electron chi connectivity index (χ1n) is 11.8. The Morgan fingerprint density at radius 2 is 1.86 bits per heavy atom. The maximum absolute atomic E-state index is 13.3. The molecule has 4 rings (SSSR count). The molecule has 3 atom stereocenters. The van der Waals surface area contributed by atoms with Crippen LogP contribution in [0.5, 0.6) is 11.5 Å². The molecule has 0 saturated carbocycles. The summed E-state index contributed by atoms with van der Waals surface area (Å²) in [5, 5.41) is 5.67. The van der Waals surface area contributed by atoms with Crippen molar-refractivity contribution in [3.63, 3.8) is 0 Å². The third-order valence-electron chi connectivity index (χ3n) is 6.38. The van der Waals surface area contributed by atoms with Gasteiger partial charge in [0.1, 0.15) is 24.2 Å². The molecular formula is C26H31N3O6. The molecule has 2 aromatic carbocycles. The van der Waals surface area contributed by atoms with E-state index in [0.29, 0.717) is 47.7 Å². The predicted molar refractivity (Wildman–Crippen MR) is 131 cm³/mol. The van der Waals surface area contributed by atoms with E-state index in [1.54, 1.807) is 56.3 Å². The molecule has 35 heavy (non-hydrogen) atoms. The Labute approximate surface area is 204 Å². The maximum atomic E-state index is 13.3. The highest BCUT2D eigenvalue weighted by atomic mass is 16.5. The number of carbonyl (C=O) groups excluding carboxylic acids is 3. The number of benzene rings is 2. The lowest BCUT2D eigenvalue weighted by Gasteiger charge is -2.42. The van der Waals surface area contributed by atoms with Gasteiger partial charge in [-0.1, -0.05) is 13.0 Å². The summed E-state index contributed by atoms with van der Waals surface area (Å²) in [5.74, 6) is 0.639. The van der Waals surface area contributed by atoms with Crippen LogP contribution in [0.25, 0.3) is 0 Å². The van der Waals surface area contributed by atoms with Crippen molar-refractivity contribution in [1.29, 1.82) is 0 Å². The number of ether oxygens (including phenoxy) is 3. The highest BCUT2D eigenvalue weighted by molar-refractivity contribution is 5.99. The van der Waals surface area contributed by atoms with Crippen LogP contribution in [-0.2, 0) is 14.3 Å². The molecule has 0 aliphatic carbocycles. The van der Waals surface area contributed by atoms with Crippen molar-refractivity contribution in [1.82, 2.24) is 4.90 Å². The predicted octanol–water partition coefficient (Wildman–Crippen LogP) is 3.45. The van der Waals surface area contributed by atoms with Gasteiger partial charge in [0.25, 0.3) is 5.91 Å². The first kappa shape index (κ1) is 24.5. The number of methoxy groups -OCH3 is 1. The maximum Gasteiger partial charge on any atom is 0.257 e. The number of amides is 3. The first-order chi connectivity index (χ1) is 16.9. The van der Waals surface area contributed by atoms with Gasteiger partial charge in [0, 0.05) is 30.9 Å². The molecule has 9 heteroatoms. The number of nitrogens with zero attached hydrogens (tertiary/aromatic N) is 1. The SMILES string of the molecule is CCC(=O)Nc1ccc2c(c1)C(=O)N(C)[C@@H]1CC[C@@H](CC(=O)Nc3cccc(OC)c3)O[C@H]1CO2. The molecule has 2 heterocycles. The van der Waals surface area contributed by atoms with Gasteiger partial charge in [-0.05, 0) is 43.2 Å². The summed E-state index contributed by atoms with van der Waals surface area (Å²) in [5.41, 5.74) is 1.62. The van der Waals surface area contributed by atoms with Gasteiger partial charge < -0.3 is 29.7 Å². The topological polar surface area (TPSA) is 106 Å². The molecule has 0 unspecified atom stereocenters. The third kappa shape index (κ3) is 5.74. The summed E-state index contributed by atoms with van der Waals surface area (Å²) in [6.45, 7) is 2.02. The molecule has 2 aliphatic rings. The molecule has 3 amide bonds. The molecular weight excluding hydrogens is 450 g/mol. The highest BCUT2D eigenvalue weighted by Gasteiger charge is 2.39. The Balaban J connectivity index is 1.42. The van der Waals surface area contributed by atoms with Crippen molar-refractivity contribution in [2.75, 3.05) is 31.4 Å². The van der Waals surface area contributed by atoms with Gasteiger partial charge >= 0.3 is 0 Å². The lowest BCUT2D eigenvalue weighted by molar-refractivity contribution is -0.130. The minimum Gasteiger partial charge on any atom is -0.497 e. The van der Waals surface area contributed by atoms with Crippen LogP contribution in [0, 0.1) is 0 Å². The second kappa shape index (κ2) is 10.8. The summed E-state index contributed by atoms with van der Waals surface area (Å²) in [6.07, 6.45) is 1.24. The van der Waals surface area contributed by atoms with Gasteiger partial charge in [-0.2, -0.15) is 0 Å². The summed E-state index contributed by atoms with van der Waals surface area (Å²) in [6, 6.07) is 12.1. The number of carbonyl (C=O) groups is 3. The van der Waals surface area contributed by atoms with E-state index in [2.05, 4.69) is 10.6 Å². The molecule has 2 aliphatic heterocycles. The summed E-state index contributed by atoms with van der Waals surface area (Å²) >= 11 is 0. The van der Waals surface area contributed by atoms with Crippen molar-refractivity contribution >= 4 is 29.1 Å². The molecule has 0 bridgehead atoms. The van der Waals surface area contributed by atoms with Crippen LogP contribution in [0.3, 0.4) is 0 Å². The largest absolute Gasteiger partial charge is 0.497 e. The van der Waals surface area contributed by atoms with Crippen molar-refractivity contribution < 1.29 is 28.6 Å². The van der Waals surface area contributed by atoms with Crippen LogP contribution in [0.4, 0.5) is 11.4 Å². The molecule has 0 aromatic heterocycles. The van der Waals surface area contributed by atoms with Crippen LogP contribution in [0.15, 0.2) is 42.5 Å². The van der Waals surface area contributed by atoms with Gasteiger partial charge in [0.15, 0.2) is 0 Å². The van der Waals surface area contributed by atoms with E-state index in [9.17, 15) is 14.4 Å². The smallest absolute Gasteiger partial charge is 0.257 e. The minimum atomic E-state index is -0.361. The second-order valence-electron chi connectivity index (χ2n) is 8.77. The van der Waals surface area contributed by atoms with Crippen LogP contribution in [0.1, 0.15) is 43.0 Å². The van der Waals surface area contributed by atoms with E-state index in [-0.39, 0.29) is 49.0 Å². The van der Waals surface area contributed by atoms with Crippen LogP contribution < -0.4 is 20.1 Å². The quantitative estimate of drug-likeness (QED) is 0.655. The molecule has 0 spiro atoms. The van der Waals surface area contributed by atoms with Crippen LogP contribution in [0.2, 0.25) is 0 Å². The fraction of sp³-hybridized carbons (Fsp3) is 0.423. The average molecular weight is 482 g/mol.